The molecule has 2 aliphatic rings. The molecule has 0 saturated heterocycles. The van der Waals surface area contributed by atoms with Crippen molar-refractivity contribution in [3.05, 3.63) is 36.8 Å². The number of rotatable bonds is 4. The maximum absolute atomic E-state index is 14.0. The lowest BCUT2D eigenvalue weighted by molar-refractivity contribution is -0.208. The second-order valence-corrected chi connectivity index (χ2v) is 9.55. The molecule has 0 unspecified atom stereocenters. The molecule has 5 rings (SSSR count). The first-order chi connectivity index (χ1) is 16.2. The molecule has 2 aliphatic carbocycles. The molecule has 2 saturated carbocycles. The SMILES string of the molecule is CN(c1cnc(-c2ccc(-c3cnn(C)c3)cc2O)nn1)[C@H]1C[C@@H]2CCC[C@@H](C2)[C@H]1C(F)(F)F. The van der Waals surface area contributed by atoms with Gasteiger partial charge in [-0.3, -0.25) is 4.68 Å². The van der Waals surface area contributed by atoms with Gasteiger partial charge in [-0.05, 0) is 48.8 Å². The van der Waals surface area contributed by atoms with Gasteiger partial charge in [0.15, 0.2) is 11.6 Å². The third-order valence-corrected chi connectivity index (χ3v) is 7.38. The second kappa shape index (κ2) is 8.56. The number of aryl methyl sites for hydroxylation is 1. The zero-order valence-corrected chi connectivity index (χ0v) is 19.1. The number of hydrogen-bond acceptors (Lipinski definition) is 6. The van der Waals surface area contributed by atoms with E-state index >= 15 is 0 Å². The highest BCUT2D eigenvalue weighted by atomic mass is 19.4. The lowest BCUT2D eigenvalue weighted by Gasteiger charge is -2.48. The van der Waals surface area contributed by atoms with Gasteiger partial charge in [0, 0.05) is 31.9 Å². The highest BCUT2D eigenvalue weighted by Gasteiger charge is 2.54. The minimum atomic E-state index is -4.26. The molecule has 2 bridgehead atoms. The molecule has 0 spiro atoms. The van der Waals surface area contributed by atoms with Crippen LogP contribution in [0.1, 0.15) is 32.1 Å². The number of aromatic hydroxyl groups is 1. The maximum atomic E-state index is 14.0. The van der Waals surface area contributed by atoms with E-state index in [1.807, 2.05) is 19.3 Å². The van der Waals surface area contributed by atoms with Gasteiger partial charge in [-0.25, -0.2) is 4.98 Å². The number of fused-ring (bicyclic) bond motifs is 2. The van der Waals surface area contributed by atoms with E-state index in [4.69, 9.17) is 0 Å². The number of anilines is 1. The van der Waals surface area contributed by atoms with Crippen molar-refractivity contribution in [3.8, 4) is 28.3 Å². The van der Waals surface area contributed by atoms with Crippen LogP contribution in [0.5, 0.6) is 5.75 Å². The molecule has 3 aromatic rings. The zero-order valence-electron chi connectivity index (χ0n) is 19.1. The molecule has 0 aliphatic heterocycles. The fraction of sp³-hybridized carbons (Fsp3) is 0.500. The van der Waals surface area contributed by atoms with E-state index in [1.54, 1.807) is 35.0 Å². The fourth-order valence-corrected chi connectivity index (χ4v) is 5.75. The molecular weight excluding hydrogens is 445 g/mol. The number of halogens is 3. The van der Waals surface area contributed by atoms with Crippen LogP contribution in [-0.4, -0.2) is 49.3 Å². The topological polar surface area (TPSA) is 80.0 Å². The van der Waals surface area contributed by atoms with Crippen LogP contribution in [0.25, 0.3) is 22.5 Å². The van der Waals surface area contributed by atoms with Crippen LogP contribution >= 0.6 is 0 Å². The van der Waals surface area contributed by atoms with Crippen molar-refractivity contribution in [2.24, 2.45) is 24.8 Å². The van der Waals surface area contributed by atoms with Gasteiger partial charge >= 0.3 is 6.18 Å². The van der Waals surface area contributed by atoms with Gasteiger partial charge in [0.1, 0.15) is 5.75 Å². The summed E-state index contributed by atoms with van der Waals surface area (Å²) in [7, 11) is 3.46. The molecule has 180 valence electrons. The van der Waals surface area contributed by atoms with Crippen molar-refractivity contribution >= 4 is 5.82 Å². The Morgan fingerprint density at radius 1 is 1.09 bits per heavy atom. The van der Waals surface area contributed by atoms with E-state index in [1.165, 1.54) is 6.20 Å². The van der Waals surface area contributed by atoms with E-state index in [-0.39, 0.29) is 17.5 Å². The average molecular weight is 473 g/mol. The van der Waals surface area contributed by atoms with Crippen LogP contribution in [-0.2, 0) is 7.05 Å². The van der Waals surface area contributed by atoms with Crippen LogP contribution < -0.4 is 4.90 Å². The first kappa shape index (κ1) is 22.6. The third-order valence-electron chi connectivity index (χ3n) is 7.38. The first-order valence-electron chi connectivity index (χ1n) is 11.5. The molecule has 34 heavy (non-hydrogen) atoms. The summed E-state index contributed by atoms with van der Waals surface area (Å²) < 4.78 is 43.8. The van der Waals surface area contributed by atoms with Crippen molar-refractivity contribution in [1.29, 1.82) is 0 Å². The van der Waals surface area contributed by atoms with Gasteiger partial charge in [0.05, 0.1) is 23.9 Å². The number of alkyl halides is 3. The number of hydrogen-bond donors (Lipinski definition) is 1. The number of phenols is 1. The Bertz CT molecular complexity index is 1160. The van der Waals surface area contributed by atoms with E-state index < -0.39 is 18.1 Å². The summed E-state index contributed by atoms with van der Waals surface area (Å²) >= 11 is 0. The molecule has 7 nitrogen and oxygen atoms in total. The van der Waals surface area contributed by atoms with Gasteiger partial charge in [0.25, 0.3) is 0 Å². The molecular formula is C24H27F3N6O. The van der Waals surface area contributed by atoms with E-state index in [0.29, 0.717) is 36.6 Å². The Morgan fingerprint density at radius 3 is 2.56 bits per heavy atom. The summed E-state index contributed by atoms with van der Waals surface area (Å²) in [4.78, 5) is 5.91. The summed E-state index contributed by atoms with van der Waals surface area (Å²) in [5, 5.41) is 23.0. The van der Waals surface area contributed by atoms with E-state index in [2.05, 4.69) is 20.3 Å². The lowest BCUT2D eigenvalue weighted by Crippen LogP contribution is -2.53. The Kier molecular flexibility index (Phi) is 5.69. The Hall–Kier alpha value is -3.17. The minimum Gasteiger partial charge on any atom is -0.507 e. The molecule has 2 aromatic heterocycles. The van der Waals surface area contributed by atoms with Crippen LogP contribution in [0.15, 0.2) is 36.8 Å². The van der Waals surface area contributed by atoms with E-state index in [9.17, 15) is 18.3 Å². The predicted molar refractivity (Wildman–Crippen MR) is 121 cm³/mol. The second-order valence-electron chi connectivity index (χ2n) is 9.55. The Balaban J connectivity index is 1.38. The maximum Gasteiger partial charge on any atom is 0.394 e. The van der Waals surface area contributed by atoms with Crippen molar-refractivity contribution < 1.29 is 18.3 Å². The molecule has 0 amide bonds. The zero-order chi connectivity index (χ0) is 24.0. The smallest absolute Gasteiger partial charge is 0.394 e. The monoisotopic (exact) mass is 472 g/mol. The van der Waals surface area contributed by atoms with Gasteiger partial charge in [-0.2, -0.15) is 18.3 Å². The highest BCUT2D eigenvalue weighted by Crippen LogP contribution is 2.51. The fourth-order valence-electron chi connectivity index (χ4n) is 5.75. The lowest BCUT2D eigenvalue weighted by atomic mass is 9.64. The summed E-state index contributed by atoms with van der Waals surface area (Å²) in [5.74, 6) is -0.897. The molecule has 2 fully saturated rings. The van der Waals surface area contributed by atoms with Crippen LogP contribution in [0, 0.1) is 17.8 Å². The van der Waals surface area contributed by atoms with Crippen LogP contribution in [0.3, 0.4) is 0 Å². The number of benzene rings is 1. The van der Waals surface area contributed by atoms with Gasteiger partial charge in [0.2, 0.25) is 0 Å². The molecule has 2 heterocycles. The number of nitrogens with zero attached hydrogens (tertiary/aromatic N) is 6. The number of aromatic nitrogens is 5. The van der Waals surface area contributed by atoms with Crippen LogP contribution in [0.2, 0.25) is 0 Å². The summed E-state index contributed by atoms with van der Waals surface area (Å²) in [6.45, 7) is 0. The Labute approximate surface area is 195 Å². The van der Waals surface area contributed by atoms with Gasteiger partial charge in [-0.15, -0.1) is 10.2 Å². The minimum absolute atomic E-state index is 0.0125. The normalized spacial score (nSPS) is 24.7. The quantitative estimate of drug-likeness (QED) is 0.586. The van der Waals surface area contributed by atoms with E-state index in [0.717, 1.165) is 24.0 Å². The predicted octanol–water partition coefficient (Wildman–Crippen LogP) is 4.84. The number of phenolic OH excluding ortho intramolecular Hbond substituents is 1. The molecule has 4 atom stereocenters. The van der Waals surface area contributed by atoms with Crippen molar-refractivity contribution in [3.63, 3.8) is 0 Å². The van der Waals surface area contributed by atoms with Crippen molar-refractivity contribution in [1.82, 2.24) is 25.0 Å². The summed E-state index contributed by atoms with van der Waals surface area (Å²) in [6, 6.07) is 4.44. The van der Waals surface area contributed by atoms with Crippen LogP contribution in [0.4, 0.5) is 19.0 Å². The molecule has 10 heteroatoms. The average Bonchev–Trinajstić information content (AvgIpc) is 3.24. The molecule has 1 aromatic carbocycles. The standard InChI is InChI=1S/C24H27F3N6O/c1-32-13-17(11-29-32)15-6-7-18(20(34)10-15)23-28-12-21(30-31-23)33(2)19-9-14-4-3-5-16(8-14)22(19)24(25,26)27/h6-7,10-14,16,19,22,34H,3-5,8-9H2,1-2H3/t14-,16+,19+,22-/m1/s1. The van der Waals surface area contributed by atoms with Gasteiger partial charge in [-0.1, -0.05) is 18.9 Å². The molecule has 0 radical (unpaired) electrons. The first-order valence-corrected chi connectivity index (χ1v) is 11.5. The van der Waals surface area contributed by atoms with Gasteiger partial charge < -0.3 is 10.0 Å². The summed E-state index contributed by atoms with van der Waals surface area (Å²) in [5.41, 5.74) is 2.05. The van der Waals surface area contributed by atoms with Crippen molar-refractivity contribution in [2.75, 3.05) is 11.9 Å². The summed E-state index contributed by atoms with van der Waals surface area (Å²) in [6.07, 6.45) is 4.36. The third kappa shape index (κ3) is 4.21. The Morgan fingerprint density at radius 2 is 1.91 bits per heavy atom. The highest BCUT2D eigenvalue weighted by molar-refractivity contribution is 5.72. The molecule has 1 N–H and O–H groups in total. The van der Waals surface area contributed by atoms with Crippen molar-refractivity contribution in [2.45, 2.75) is 44.3 Å². The largest absolute Gasteiger partial charge is 0.507 e.